The van der Waals surface area contributed by atoms with E-state index in [1.54, 1.807) is 6.20 Å². The molecule has 3 rings (SSSR count). The van der Waals surface area contributed by atoms with E-state index in [4.69, 9.17) is 21.1 Å². The van der Waals surface area contributed by atoms with Crippen molar-refractivity contribution in [3.8, 4) is 5.88 Å². The SMILES string of the molecule is CCOc1nc(N(C)C[C@H]2OCC[C@H]2c2ncn[nH]2)ncc1Cl. The first-order valence-corrected chi connectivity index (χ1v) is 7.90. The lowest BCUT2D eigenvalue weighted by atomic mass is 10.0. The van der Waals surface area contributed by atoms with Crippen LogP contribution in [0.5, 0.6) is 5.88 Å². The number of likely N-dealkylation sites (N-methyl/N-ethyl adjacent to an activating group) is 1. The van der Waals surface area contributed by atoms with Crippen LogP contribution in [0.1, 0.15) is 25.1 Å². The van der Waals surface area contributed by atoms with Gasteiger partial charge in [0.15, 0.2) is 0 Å². The van der Waals surface area contributed by atoms with Crippen LogP contribution >= 0.6 is 11.6 Å². The summed E-state index contributed by atoms with van der Waals surface area (Å²) in [5.41, 5.74) is 0. The maximum absolute atomic E-state index is 6.03. The molecular formula is C14H19ClN6O2. The Hall–Kier alpha value is -1.93. The van der Waals surface area contributed by atoms with Gasteiger partial charge in [0.05, 0.1) is 18.9 Å². The molecule has 1 aliphatic heterocycles. The van der Waals surface area contributed by atoms with Crippen molar-refractivity contribution in [1.29, 1.82) is 0 Å². The average molecular weight is 339 g/mol. The molecule has 2 aromatic heterocycles. The molecule has 0 unspecified atom stereocenters. The molecule has 0 aromatic carbocycles. The van der Waals surface area contributed by atoms with Crippen molar-refractivity contribution < 1.29 is 9.47 Å². The predicted molar refractivity (Wildman–Crippen MR) is 85.0 cm³/mol. The van der Waals surface area contributed by atoms with E-state index in [1.165, 1.54) is 6.33 Å². The number of aromatic amines is 1. The molecule has 0 aliphatic carbocycles. The van der Waals surface area contributed by atoms with Gasteiger partial charge < -0.3 is 14.4 Å². The lowest BCUT2D eigenvalue weighted by molar-refractivity contribution is 0.108. The van der Waals surface area contributed by atoms with Gasteiger partial charge in [-0.2, -0.15) is 10.1 Å². The summed E-state index contributed by atoms with van der Waals surface area (Å²) < 4.78 is 11.3. The number of ether oxygens (including phenoxy) is 2. The van der Waals surface area contributed by atoms with Crippen molar-refractivity contribution in [2.45, 2.75) is 25.4 Å². The van der Waals surface area contributed by atoms with E-state index in [0.29, 0.717) is 36.6 Å². The lowest BCUT2D eigenvalue weighted by Gasteiger charge is -2.24. The van der Waals surface area contributed by atoms with Crippen LogP contribution in [0.4, 0.5) is 5.95 Å². The van der Waals surface area contributed by atoms with Gasteiger partial charge in [0.2, 0.25) is 11.8 Å². The van der Waals surface area contributed by atoms with Crippen LogP contribution in [0.15, 0.2) is 12.5 Å². The van der Waals surface area contributed by atoms with E-state index in [9.17, 15) is 0 Å². The first-order valence-electron chi connectivity index (χ1n) is 7.52. The largest absolute Gasteiger partial charge is 0.477 e. The number of halogens is 1. The third-order valence-corrected chi connectivity index (χ3v) is 4.03. The van der Waals surface area contributed by atoms with Gasteiger partial charge in [0.25, 0.3) is 0 Å². The highest BCUT2D eigenvalue weighted by Crippen LogP contribution is 2.30. The third-order valence-electron chi connectivity index (χ3n) is 3.77. The first kappa shape index (κ1) is 15.9. The topological polar surface area (TPSA) is 89.0 Å². The second kappa shape index (κ2) is 7.10. The van der Waals surface area contributed by atoms with Gasteiger partial charge >= 0.3 is 0 Å². The Morgan fingerprint density at radius 3 is 3.09 bits per heavy atom. The maximum atomic E-state index is 6.03. The van der Waals surface area contributed by atoms with Gasteiger partial charge in [0, 0.05) is 26.1 Å². The molecule has 2 aromatic rings. The summed E-state index contributed by atoms with van der Waals surface area (Å²) in [6, 6.07) is 0. The minimum atomic E-state index is 0.00257. The van der Waals surface area contributed by atoms with E-state index in [2.05, 4.69) is 25.1 Å². The van der Waals surface area contributed by atoms with Crippen LogP contribution in [0.2, 0.25) is 5.02 Å². The molecule has 0 bridgehead atoms. The number of nitrogens with one attached hydrogen (secondary N) is 1. The van der Waals surface area contributed by atoms with Crippen molar-refractivity contribution in [1.82, 2.24) is 25.1 Å². The molecule has 1 fully saturated rings. The van der Waals surface area contributed by atoms with Crippen LogP contribution in [-0.2, 0) is 4.74 Å². The summed E-state index contributed by atoms with van der Waals surface area (Å²) in [6.45, 7) is 3.73. The van der Waals surface area contributed by atoms with Crippen LogP contribution in [0.3, 0.4) is 0 Å². The quantitative estimate of drug-likeness (QED) is 0.856. The maximum Gasteiger partial charge on any atom is 0.237 e. The molecule has 0 saturated carbocycles. The van der Waals surface area contributed by atoms with Crippen LogP contribution in [-0.4, -0.2) is 58.1 Å². The highest BCUT2D eigenvalue weighted by atomic mass is 35.5. The molecule has 0 spiro atoms. The van der Waals surface area contributed by atoms with Crippen molar-refractivity contribution in [2.75, 3.05) is 31.7 Å². The van der Waals surface area contributed by atoms with Gasteiger partial charge in [-0.25, -0.2) is 9.97 Å². The van der Waals surface area contributed by atoms with Crippen LogP contribution in [0.25, 0.3) is 0 Å². The van der Waals surface area contributed by atoms with Crippen molar-refractivity contribution in [2.24, 2.45) is 0 Å². The standard InChI is InChI=1S/C14H19ClN6O2/c1-3-22-13-10(15)6-16-14(19-13)21(2)7-11-9(4-5-23-11)12-17-8-18-20-12/h6,8-9,11H,3-5,7H2,1-2H3,(H,17,18,20)/t9-,11-/m1/s1. The number of H-pyrrole nitrogens is 1. The van der Waals surface area contributed by atoms with Gasteiger partial charge in [-0.1, -0.05) is 11.6 Å². The molecular weight excluding hydrogens is 320 g/mol. The normalized spacial score (nSPS) is 20.7. The van der Waals surface area contributed by atoms with E-state index < -0.39 is 0 Å². The first-order chi connectivity index (χ1) is 11.2. The summed E-state index contributed by atoms with van der Waals surface area (Å²) in [7, 11) is 1.91. The van der Waals surface area contributed by atoms with E-state index in [1.807, 2.05) is 18.9 Å². The van der Waals surface area contributed by atoms with Gasteiger partial charge in [-0.15, -0.1) is 0 Å². The van der Waals surface area contributed by atoms with Crippen LogP contribution in [0, 0.1) is 0 Å². The van der Waals surface area contributed by atoms with Gasteiger partial charge in [-0.3, -0.25) is 5.10 Å². The van der Waals surface area contributed by atoms with Crippen LogP contribution < -0.4 is 9.64 Å². The number of hydrogen-bond donors (Lipinski definition) is 1. The summed E-state index contributed by atoms with van der Waals surface area (Å²) in [5, 5.41) is 7.25. The Kier molecular flexibility index (Phi) is 4.92. The predicted octanol–water partition coefficient (Wildman–Crippen LogP) is 1.66. The smallest absolute Gasteiger partial charge is 0.237 e. The monoisotopic (exact) mass is 338 g/mol. The minimum absolute atomic E-state index is 0.00257. The van der Waals surface area contributed by atoms with Crippen molar-refractivity contribution in [3.63, 3.8) is 0 Å². The molecule has 0 amide bonds. The second-order valence-corrected chi connectivity index (χ2v) is 5.72. The summed E-state index contributed by atoms with van der Waals surface area (Å²) in [4.78, 5) is 14.8. The molecule has 9 heteroatoms. The highest BCUT2D eigenvalue weighted by Gasteiger charge is 2.33. The molecule has 124 valence electrons. The Bertz CT molecular complexity index is 638. The Morgan fingerprint density at radius 2 is 2.35 bits per heavy atom. The fourth-order valence-corrected chi connectivity index (χ4v) is 2.80. The van der Waals surface area contributed by atoms with Crippen molar-refractivity contribution in [3.05, 3.63) is 23.4 Å². The number of hydrogen-bond acceptors (Lipinski definition) is 7. The number of nitrogens with zero attached hydrogens (tertiary/aromatic N) is 5. The van der Waals surface area contributed by atoms with E-state index in [-0.39, 0.29) is 12.0 Å². The summed E-state index contributed by atoms with van der Waals surface area (Å²) >= 11 is 6.03. The molecule has 1 aliphatic rings. The number of anilines is 1. The Labute approximate surface area is 139 Å². The molecule has 23 heavy (non-hydrogen) atoms. The molecule has 3 heterocycles. The van der Waals surface area contributed by atoms with Gasteiger partial charge in [-0.05, 0) is 13.3 Å². The number of rotatable bonds is 6. The average Bonchev–Trinajstić information content (AvgIpc) is 3.20. The zero-order chi connectivity index (χ0) is 16.2. The molecule has 8 nitrogen and oxygen atoms in total. The second-order valence-electron chi connectivity index (χ2n) is 5.31. The fourth-order valence-electron chi connectivity index (χ4n) is 2.65. The van der Waals surface area contributed by atoms with Crippen molar-refractivity contribution >= 4 is 17.5 Å². The summed E-state index contributed by atoms with van der Waals surface area (Å²) in [5.74, 6) is 1.99. The fraction of sp³-hybridized carbons (Fsp3) is 0.571. The highest BCUT2D eigenvalue weighted by molar-refractivity contribution is 6.31. The lowest BCUT2D eigenvalue weighted by Crippen LogP contribution is -2.33. The minimum Gasteiger partial charge on any atom is -0.477 e. The Morgan fingerprint density at radius 1 is 1.48 bits per heavy atom. The molecule has 1 N–H and O–H groups in total. The molecule has 1 saturated heterocycles. The zero-order valence-corrected chi connectivity index (χ0v) is 13.8. The molecule has 0 radical (unpaired) electrons. The summed E-state index contributed by atoms with van der Waals surface area (Å²) in [6.07, 6.45) is 3.99. The molecule has 2 atom stereocenters. The number of aromatic nitrogens is 5. The Balaban J connectivity index is 1.71. The van der Waals surface area contributed by atoms with E-state index in [0.717, 1.165) is 12.2 Å². The third kappa shape index (κ3) is 3.53. The van der Waals surface area contributed by atoms with Gasteiger partial charge in [0.1, 0.15) is 17.2 Å². The zero-order valence-electron chi connectivity index (χ0n) is 13.1. The van der Waals surface area contributed by atoms with E-state index >= 15 is 0 Å².